The number of hydrogen-bond acceptors (Lipinski definition) is 6. The van der Waals surface area contributed by atoms with Gasteiger partial charge in [-0.25, -0.2) is 0 Å². The van der Waals surface area contributed by atoms with Crippen molar-refractivity contribution in [3.8, 4) is 11.5 Å². The Balaban J connectivity index is 1.42. The van der Waals surface area contributed by atoms with Crippen molar-refractivity contribution in [1.29, 1.82) is 0 Å². The molecule has 4 aromatic carbocycles. The summed E-state index contributed by atoms with van der Waals surface area (Å²) in [4.78, 5) is 47.0. The number of thioether (sulfide) groups is 1. The molecule has 1 heterocycles. The zero-order chi connectivity index (χ0) is 37.7. The number of hydrogen-bond donors (Lipinski definition) is 1. The number of allylic oxidation sites excluding steroid dienone is 4. The number of benzene rings is 4. The normalized spacial score (nSPS) is 14.1. The number of rotatable bonds is 14. The van der Waals surface area contributed by atoms with Crippen molar-refractivity contribution in [2.45, 2.75) is 33.4 Å². The minimum atomic E-state index is -0.728. The van der Waals surface area contributed by atoms with Gasteiger partial charge >= 0.3 is 0 Å². The van der Waals surface area contributed by atoms with Gasteiger partial charge in [0, 0.05) is 10.2 Å². The molecule has 10 heteroatoms. The molecule has 1 aliphatic heterocycles. The van der Waals surface area contributed by atoms with Gasteiger partial charge in [0.05, 0.1) is 18.4 Å². The van der Waals surface area contributed by atoms with E-state index < -0.39 is 17.9 Å². The van der Waals surface area contributed by atoms with Crippen molar-refractivity contribution in [1.82, 2.24) is 10.2 Å². The molecule has 0 radical (unpaired) electrons. The van der Waals surface area contributed by atoms with Crippen LogP contribution in [-0.4, -0.2) is 40.1 Å². The van der Waals surface area contributed by atoms with E-state index in [0.717, 1.165) is 34.0 Å². The lowest BCUT2D eigenvalue weighted by atomic mass is 9.99. The second-order valence-electron chi connectivity index (χ2n) is 11.8. The van der Waals surface area contributed by atoms with Crippen LogP contribution >= 0.6 is 27.7 Å². The number of aliphatic imine (C=N–C) groups is 1. The molecule has 5 rings (SSSR count). The molecule has 270 valence electrons. The van der Waals surface area contributed by atoms with Gasteiger partial charge in [-0.2, -0.15) is 4.99 Å². The highest BCUT2D eigenvalue weighted by molar-refractivity contribution is 9.10. The fourth-order valence-corrected chi connectivity index (χ4v) is 6.68. The van der Waals surface area contributed by atoms with Gasteiger partial charge in [0.1, 0.15) is 12.2 Å². The average Bonchev–Trinajstić information content (AvgIpc) is 3.17. The predicted octanol–water partition coefficient (Wildman–Crippen LogP) is 9.13. The van der Waals surface area contributed by atoms with E-state index in [-0.39, 0.29) is 22.4 Å². The monoisotopic (exact) mass is 789 g/mol. The molecule has 0 aliphatic carbocycles. The summed E-state index contributed by atoms with van der Waals surface area (Å²) in [5.41, 5.74) is 4.82. The molecule has 8 nitrogen and oxygen atoms in total. The molecule has 4 aromatic rings. The number of carbonyl (C=O) groups is 3. The third-order valence-electron chi connectivity index (χ3n) is 8.09. The summed E-state index contributed by atoms with van der Waals surface area (Å²) in [6.07, 6.45) is 8.17. The molecule has 0 fully saturated rings. The molecular formula is C43H40BrN3O5S. The molecule has 0 unspecified atom stereocenters. The lowest BCUT2D eigenvalue weighted by Crippen LogP contribution is -2.42. The number of nitrogens with one attached hydrogen (secondary N) is 1. The molecule has 3 amide bonds. The molecule has 0 saturated heterocycles. The van der Waals surface area contributed by atoms with E-state index >= 15 is 0 Å². The maximum atomic E-state index is 14.2. The quantitative estimate of drug-likeness (QED) is 0.0778. The van der Waals surface area contributed by atoms with Gasteiger partial charge in [0.25, 0.3) is 11.8 Å². The Kier molecular flexibility index (Phi) is 13.8. The van der Waals surface area contributed by atoms with Gasteiger partial charge in [-0.3, -0.25) is 19.3 Å². The van der Waals surface area contributed by atoms with Gasteiger partial charge in [-0.1, -0.05) is 143 Å². The Hall–Kier alpha value is -5.45. The first-order chi connectivity index (χ1) is 25.7. The molecule has 0 spiro atoms. The summed E-state index contributed by atoms with van der Waals surface area (Å²) in [7, 11) is 0. The highest BCUT2D eigenvalue weighted by Crippen LogP contribution is 2.36. The number of amides is 3. The van der Waals surface area contributed by atoms with Gasteiger partial charge in [0.15, 0.2) is 16.7 Å². The Morgan fingerprint density at radius 1 is 0.962 bits per heavy atom. The largest absolute Gasteiger partial charge is 0.490 e. The first-order valence-corrected chi connectivity index (χ1v) is 18.8. The van der Waals surface area contributed by atoms with Crippen molar-refractivity contribution in [2.75, 3.05) is 12.4 Å². The van der Waals surface area contributed by atoms with Crippen LogP contribution in [0.15, 0.2) is 149 Å². The maximum absolute atomic E-state index is 14.2. The van der Waals surface area contributed by atoms with Crippen LogP contribution in [0.25, 0.3) is 6.08 Å². The van der Waals surface area contributed by atoms with Gasteiger partial charge in [0.2, 0.25) is 5.91 Å². The second kappa shape index (κ2) is 18.9. The number of amidine groups is 1. The van der Waals surface area contributed by atoms with Gasteiger partial charge in [-0.15, -0.1) is 0 Å². The standard InChI is InChI=1S/C43H40BrN3O5S/c1-5-8-19-34(6-2)47-42(50)35(24-33-25-37(51-7-3)38(26-36(33)44)52-27-30-22-20-29(4)21-23-30)41(49)46-43(47)53-28-39(48)45-40(31-15-11-9-12-16-31)32-17-13-10-14-18-32/h5-6,8-26,40H,1,7,27-28H2,2-4H3,(H,45,48)/b19-8-,34-6+,35-24+. The van der Waals surface area contributed by atoms with Gasteiger partial charge < -0.3 is 14.8 Å². The van der Waals surface area contributed by atoms with Crippen molar-refractivity contribution in [2.24, 2.45) is 4.99 Å². The van der Waals surface area contributed by atoms with Crippen molar-refractivity contribution < 1.29 is 23.9 Å². The van der Waals surface area contributed by atoms with Crippen LogP contribution in [0.1, 0.15) is 47.7 Å². The zero-order valence-electron chi connectivity index (χ0n) is 29.8. The molecule has 0 saturated carbocycles. The van der Waals surface area contributed by atoms with Crippen LogP contribution in [0.2, 0.25) is 0 Å². The van der Waals surface area contributed by atoms with Crippen LogP contribution in [0.4, 0.5) is 0 Å². The second-order valence-corrected chi connectivity index (χ2v) is 13.6. The minimum Gasteiger partial charge on any atom is -0.490 e. The van der Waals surface area contributed by atoms with E-state index in [4.69, 9.17) is 9.47 Å². The summed E-state index contributed by atoms with van der Waals surface area (Å²) >= 11 is 4.60. The number of ether oxygens (including phenoxy) is 2. The predicted molar refractivity (Wildman–Crippen MR) is 217 cm³/mol. The van der Waals surface area contributed by atoms with E-state index in [2.05, 4.69) is 32.8 Å². The van der Waals surface area contributed by atoms with Gasteiger partial charge in [-0.05, 0) is 67.3 Å². The number of halogens is 1. The third-order valence-corrected chi connectivity index (χ3v) is 9.72. The summed E-state index contributed by atoms with van der Waals surface area (Å²) < 4.78 is 12.6. The molecule has 53 heavy (non-hydrogen) atoms. The van der Waals surface area contributed by atoms with Crippen molar-refractivity contribution in [3.63, 3.8) is 0 Å². The zero-order valence-corrected chi connectivity index (χ0v) is 32.2. The lowest BCUT2D eigenvalue weighted by Gasteiger charge is -2.28. The van der Waals surface area contributed by atoms with Crippen LogP contribution < -0.4 is 14.8 Å². The van der Waals surface area contributed by atoms with E-state index in [1.54, 1.807) is 43.4 Å². The Labute approximate surface area is 323 Å². The Bertz CT molecular complexity index is 2040. The first-order valence-electron chi connectivity index (χ1n) is 17.0. The molecular weight excluding hydrogens is 750 g/mol. The number of aryl methyl sites for hydroxylation is 1. The van der Waals surface area contributed by atoms with Crippen molar-refractivity contribution >= 4 is 56.7 Å². The topological polar surface area (TPSA) is 97.3 Å². The first kappa shape index (κ1) is 38.8. The number of carbonyl (C=O) groups excluding carboxylic acids is 3. The summed E-state index contributed by atoms with van der Waals surface area (Å²) in [5.74, 6) is -0.746. The number of nitrogens with zero attached hydrogens (tertiary/aromatic N) is 2. The molecule has 1 aliphatic rings. The van der Waals surface area contributed by atoms with Crippen LogP contribution in [-0.2, 0) is 21.0 Å². The van der Waals surface area contributed by atoms with E-state index in [0.29, 0.717) is 40.4 Å². The lowest BCUT2D eigenvalue weighted by molar-refractivity contribution is -0.126. The molecule has 1 N–H and O–H groups in total. The fourth-order valence-electron chi connectivity index (χ4n) is 5.44. The maximum Gasteiger partial charge on any atom is 0.285 e. The highest BCUT2D eigenvalue weighted by Gasteiger charge is 2.35. The van der Waals surface area contributed by atoms with E-state index in [9.17, 15) is 14.4 Å². The summed E-state index contributed by atoms with van der Waals surface area (Å²) in [6.45, 7) is 10.1. The molecule has 0 bridgehead atoms. The van der Waals surface area contributed by atoms with E-state index in [1.807, 2.05) is 98.8 Å². The smallest absolute Gasteiger partial charge is 0.285 e. The molecule has 0 atom stereocenters. The fraction of sp³-hybridized carbons (Fsp3) is 0.163. The minimum absolute atomic E-state index is 0.0824. The average molecular weight is 791 g/mol. The Morgan fingerprint density at radius 3 is 2.21 bits per heavy atom. The van der Waals surface area contributed by atoms with Crippen LogP contribution in [0, 0.1) is 6.92 Å². The highest BCUT2D eigenvalue weighted by atomic mass is 79.9. The summed E-state index contributed by atoms with van der Waals surface area (Å²) in [6, 6.07) is 30.5. The van der Waals surface area contributed by atoms with Crippen molar-refractivity contribution in [3.05, 3.63) is 172 Å². The third kappa shape index (κ3) is 10.1. The van der Waals surface area contributed by atoms with E-state index in [1.165, 1.54) is 11.0 Å². The van der Waals surface area contributed by atoms with Crippen LogP contribution in [0.5, 0.6) is 11.5 Å². The summed E-state index contributed by atoms with van der Waals surface area (Å²) in [5, 5.41) is 3.19. The Morgan fingerprint density at radius 2 is 1.60 bits per heavy atom. The van der Waals surface area contributed by atoms with Crippen LogP contribution in [0.3, 0.4) is 0 Å². The SMILES string of the molecule is C=C/C=C\C(=C/C)N1C(=O)/C(=C/c2cc(OCC)c(OCc3ccc(C)cc3)cc2Br)C(=O)N=C1SCC(=O)NC(c1ccccc1)c1ccccc1. The molecule has 0 aromatic heterocycles.